The first-order valence-electron chi connectivity index (χ1n) is 14.5. The molecule has 5 aliphatic rings. The molecule has 34 heavy (non-hydrogen) atoms. The van der Waals surface area contributed by atoms with E-state index in [2.05, 4.69) is 61.5 Å². The van der Waals surface area contributed by atoms with Gasteiger partial charge in [-0.1, -0.05) is 67.0 Å². The first-order chi connectivity index (χ1) is 15.6. The summed E-state index contributed by atoms with van der Waals surface area (Å²) in [5, 5.41) is 0. The summed E-state index contributed by atoms with van der Waals surface area (Å²) >= 11 is 0. The molecule has 0 aromatic carbocycles. The molecule has 0 unspecified atom stereocenters. The van der Waals surface area contributed by atoms with E-state index in [0.29, 0.717) is 33.0 Å². The lowest BCUT2D eigenvalue weighted by Gasteiger charge is -2.71. The second-order valence-electron chi connectivity index (χ2n) is 15.8. The molecule has 0 saturated heterocycles. The van der Waals surface area contributed by atoms with Crippen LogP contribution in [-0.4, -0.2) is 12.1 Å². The average molecular weight is 469 g/mol. The van der Waals surface area contributed by atoms with E-state index in [9.17, 15) is 4.79 Å². The summed E-state index contributed by atoms with van der Waals surface area (Å²) in [6, 6.07) is 0. The number of hydrogen-bond donors (Lipinski definition) is 0. The van der Waals surface area contributed by atoms with Gasteiger partial charge in [0, 0.05) is 12.3 Å². The van der Waals surface area contributed by atoms with Gasteiger partial charge in [-0.25, -0.2) is 0 Å². The smallest absolute Gasteiger partial charge is 0.302 e. The van der Waals surface area contributed by atoms with Gasteiger partial charge in [-0.05, 0) is 109 Å². The Bertz CT molecular complexity index is 897. The van der Waals surface area contributed by atoms with Gasteiger partial charge >= 0.3 is 5.97 Å². The van der Waals surface area contributed by atoms with E-state index in [0.717, 1.165) is 18.3 Å². The number of hydrogen-bond acceptors (Lipinski definition) is 2. The van der Waals surface area contributed by atoms with E-state index in [-0.39, 0.29) is 17.5 Å². The minimum absolute atomic E-state index is 0.0451. The maximum Gasteiger partial charge on any atom is 0.302 e. The van der Waals surface area contributed by atoms with Gasteiger partial charge in [0.15, 0.2) is 0 Å². The van der Waals surface area contributed by atoms with Crippen LogP contribution in [0, 0.1) is 50.2 Å². The Morgan fingerprint density at radius 3 is 2.21 bits per heavy atom. The third kappa shape index (κ3) is 3.21. The summed E-state index contributed by atoms with van der Waals surface area (Å²) in [6.45, 7) is 22.0. The van der Waals surface area contributed by atoms with Crippen LogP contribution in [0.3, 0.4) is 0 Å². The fourth-order valence-electron chi connectivity index (χ4n) is 10.9. The quantitative estimate of drug-likeness (QED) is 0.284. The third-order valence-corrected chi connectivity index (χ3v) is 13.3. The van der Waals surface area contributed by atoms with Crippen molar-refractivity contribution in [3.8, 4) is 0 Å². The molecule has 0 N–H and O–H groups in total. The molecule has 2 heteroatoms. The summed E-state index contributed by atoms with van der Waals surface area (Å²) in [6.07, 6.45) is 15.9. The normalized spacial score (nSPS) is 51.1. The van der Waals surface area contributed by atoms with Crippen LogP contribution < -0.4 is 0 Å². The number of carbonyl (C=O) groups is 1. The Morgan fingerprint density at radius 2 is 1.53 bits per heavy atom. The van der Waals surface area contributed by atoms with Gasteiger partial charge in [0.2, 0.25) is 0 Å². The lowest BCUT2D eigenvalue weighted by molar-refractivity contribution is -0.211. The molecule has 5 aliphatic carbocycles. The summed E-state index contributed by atoms with van der Waals surface area (Å²) < 4.78 is 5.91. The summed E-state index contributed by atoms with van der Waals surface area (Å²) in [4.78, 5) is 11.9. The van der Waals surface area contributed by atoms with E-state index >= 15 is 0 Å². The van der Waals surface area contributed by atoms with Gasteiger partial charge in [-0.2, -0.15) is 0 Å². The Morgan fingerprint density at radius 1 is 0.853 bits per heavy atom. The molecular weight excluding hydrogens is 416 g/mol. The van der Waals surface area contributed by atoms with Crippen LogP contribution in [0.25, 0.3) is 0 Å². The molecule has 4 saturated carbocycles. The van der Waals surface area contributed by atoms with Gasteiger partial charge in [-0.3, -0.25) is 4.79 Å². The highest BCUT2D eigenvalue weighted by atomic mass is 16.5. The topological polar surface area (TPSA) is 26.3 Å². The summed E-state index contributed by atoms with van der Waals surface area (Å²) in [7, 11) is 0. The largest absolute Gasteiger partial charge is 0.462 e. The Balaban J connectivity index is 1.53. The maximum atomic E-state index is 11.9. The predicted molar refractivity (Wildman–Crippen MR) is 140 cm³/mol. The zero-order valence-corrected chi connectivity index (χ0v) is 23.8. The number of esters is 1. The van der Waals surface area contributed by atoms with Crippen molar-refractivity contribution in [3.63, 3.8) is 0 Å². The van der Waals surface area contributed by atoms with Crippen molar-refractivity contribution in [2.75, 3.05) is 0 Å². The van der Waals surface area contributed by atoms with E-state index in [1.165, 1.54) is 57.8 Å². The first-order valence-corrected chi connectivity index (χ1v) is 14.5. The number of ether oxygens (including phenoxy) is 1. The molecule has 0 spiro atoms. The number of fused-ring (bicyclic) bond motifs is 7. The van der Waals surface area contributed by atoms with Crippen molar-refractivity contribution in [2.24, 2.45) is 50.2 Å². The SMILES string of the molecule is CC(=O)O[C@@H]1CC[C@@]2(C)[C@H]3CC=C4[C@H]5CC(C)(C)CC[C@@]5(C)CC[C@@]4(C)[C@@]3(C)CC[C@H]2C1(C)C. The van der Waals surface area contributed by atoms with Crippen LogP contribution in [0.2, 0.25) is 0 Å². The fourth-order valence-corrected chi connectivity index (χ4v) is 10.9. The van der Waals surface area contributed by atoms with Gasteiger partial charge < -0.3 is 4.74 Å². The Kier molecular flexibility index (Phi) is 5.40. The van der Waals surface area contributed by atoms with Crippen molar-refractivity contribution in [3.05, 3.63) is 11.6 Å². The Hall–Kier alpha value is -0.790. The van der Waals surface area contributed by atoms with Crippen LogP contribution in [0.1, 0.15) is 127 Å². The molecule has 192 valence electrons. The van der Waals surface area contributed by atoms with E-state index in [4.69, 9.17) is 4.74 Å². The molecule has 0 heterocycles. The van der Waals surface area contributed by atoms with Gasteiger partial charge in [0.25, 0.3) is 0 Å². The molecule has 2 nitrogen and oxygen atoms in total. The monoisotopic (exact) mass is 468 g/mol. The summed E-state index contributed by atoms with van der Waals surface area (Å²) in [5.41, 5.74) is 3.92. The van der Waals surface area contributed by atoms with Gasteiger partial charge in [-0.15, -0.1) is 0 Å². The molecule has 0 aromatic heterocycles. The predicted octanol–water partition coefficient (Wildman–Crippen LogP) is 8.74. The molecule has 4 fully saturated rings. The second-order valence-corrected chi connectivity index (χ2v) is 15.8. The van der Waals surface area contributed by atoms with Crippen LogP contribution in [-0.2, 0) is 9.53 Å². The van der Waals surface area contributed by atoms with Crippen molar-refractivity contribution < 1.29 is 9.53 Å². The minimum Gasteiger partial charge on any atom is -0.462 e. The maximum absolute atomic E-state index is 11.9. The van der Waals surface area contributed by atoms with Crippen LogP contribution >= 0.6 is 0 Å². The van der Waals surface area contributed by atoms with Crippen molar-refractivity contribution in [1.29, 1.82) is 0 Å². The molecule has 5 rings (SSSR count). The lowest BCUT2D eigenvalue weighted by atomic mass is 9.33. The zero-order chi connectivity index (χ0) is 24.9. The second kappa shape index (κ2) is 7.38. The molecule has 0 bridgehead atoms. The number of rotatable bonds is 1. The lowest BCUT2D eigenvalue weighted by Crippen LogP contribution is -2.64. The van der Waals surface area contributed by atoms with Crippen LogP contribution in [0.5, 0.6) is 0 Å². The third-order valence-electron chi connectivity index (χ3n) is 13.3. The summed E-state index contributed by atoms with van der Waals surface area (Å²) in [5.74, 6) is 2.01. The van der Waals surface area contributed by atoms with E-state index in [1.807, 2.05) is 5.57 Å². The molecular formula is C32H52O2. The van der Waals surface area contributed by atoms with Crippen LogP contribution in [0.15, 0.2) is 11.6 Å². The first kappa shape index (κ1) is 24.9. The molecule has 0 aromatic rings. The van der Waals surface area contributed by atoms with Crippen molar-refractivity contribution in [2.45, 2.75) is 133 Å². The standard InChI is InChI=1S/C32H52O2/c1-21(33)34-26-13-14-30(7)24(28(26,4)5)12-15-32(9)25(30)11-10-22-23-20-27(2,3)16-17-29(23,6)18-19-31(22,32)8/h10,23-26H,11-20H2,1-9H3/t23-,24+,25-,26-,29+,30-,31-,32+/m1/s1. The minimum atomic E-state index is -0.110. The molecule has 0 aliphatic heterocycles. The Labute approximate surface area is 210 Å². The molecule has 8 atom stereocenters. The average Bonchev–Trinajstić information content (AvgIpc) is 2.72. The fraction of sp³-hybridized carbons (Fsp3) is 0.906. The van der Waals surface area contributed by atoms with E-state index < -0.39 is 0 Å². The van der Waals surface area contributed by atoms with Gasteiger partial charge in [0.05, 0.1) is 0 Å². The highest BCUT2D eigenvalue weighted by Gasteiger charge is 2.68. The molecule has 0 radical (unpaired) electrons. The molecule has 0 amide bonds. The number of allylic oxidation sites excluding steroid dienone is 2. The highest BCUT2D eigenvalue weighted by molar-refractivity contribution is 5.66. The highest BCUT2D eigenvalue weighted by Crippen LogP contribution is 2.75. The van der Waals surface area contributed by atoms with Crippen molar-refractivity contribution >= 4 is 5.97 Å². The zero-order valence-electron chi connectivity index (χ0n) is 23.8. The van der Waals surface area contributed by atoms with E-state index in [1.54, 1.807) is 6.92 Å². The van der Waals surface area contributed by atoms with Crippen LogP contribution in [0.4, 0.5) is 0 Å². The van der Waals surface area contributed by atoms with Crippen molar-refractivity contribution in [1.82, 2.24) is 0 Å². The van der Waals surface area contributed by atoms with Gasteiger partial charge in [0.1, 0.15) is 6.10 Å². The number of carbonyl (C=O) groups excluding carboxylic acids is 1.